The molecule has 0 spiro atoms. The van der Waals surface area contributed by atoms with Crippen molar-refractivity contribution >= 4 is 11.9 Å². The number of carboxylic acids is 1. The van der Waals surface area contributed by atoms with Crippen LogP contribution in [0.4, 0.5) is 0 Å². The second kappa shape index (κ2) is 6.19. The molecule has 4 heteroatoms. The van der Waals surface area contributed by atoms with E-state index >= 15 is 0 Å². The van der Waals surface area contributed by atoms with Crippen LogP contribution in [0.2, 0.25) is 0 Å². The monoisotopic (exact) mass is 249 g/mol. The largest absolute Gasteiger partial charge is 0.480 e. The minimum Gasteiger partial charge on any atom is -0.480 e. The SMILES string of the molecule is CCc1cccc(CC(=O)N(C)C(C)C(=O)O)c1. The predicted molar refractivity (Wildman–Crippen MR) is 69.4 cm³/mol. The van der Waals surface area contributed by atoms with E-state index in [1.165, 1.54) is 24.4 Å². The van der Waals surface area contributed by atoms with Crippen molar-refractivity contribution in [1.82, 2.24) is 4.90 Å². The molecule has 1 aromatic rings. The van der Waals surface area contributed by atoms with E-state index in [2.05, 4.69) is 6.92 Å². The average molecular weight is 249 g/mol. The van der Waals surface area contributed by atoms with Crippen molar-refractivity contribution in [3.05, 3.63) is 35.4 Å². The van der Waals surface area contributed by atoms with E-state index in [0.29, 0.717) is 0 Å². The van der Waals surface area contributed by atoms with Gasteiger partial charge in [0.1, 0.15) is 6.04 Å². The third-order valence-corrected chi connectivity index (χ3v) is 3.09. The molecule has 4 nitrogen and oxygen atoms in total. The van der Waals surface area contributed by atoms with Gasteiger partial charge in [-0.25, -0.2) is 4.79 Å². The van der Waals surface area contributed by atoms with E-state index in [1.54, 1.807) is 0 Å². The minimum atomic E-state index is -0.992. The molecule has 1 aromatic carbocycles. The highest BCUT2D eigenvalue weighted by atomic mass is 16.4. The van der Waals surface area contributed by atoms with E-state index in [-0.39, 0.29) is 12.3 Å². The third kappa shape index (κ3) is 3.58. The number of hydrogen-bond donors (Lipinski definition) is 1. The lowest BCUT2D eigenvalue weighted by molar-refractivity contribution is -0.147. The van der Waals surface area contributed by atoms with Crippen molar-refractivity contribution in [1.29, 1.82) is 0 Å². The molecule has 1 amide bonds. The van der Waals surface area contributed by atoms with E-state index in [4.69, 9.17) is 5.11 Å². The molecular weight excluding hydrogens is 230 g/mol. The average Bonchev–Trinajstić information content (AvgIpc) is 2.36. The van der Waals surface area contributed by atoms with E-state index in [0.717, 1.165) is 12.0 Å². The number of aryl methyl sites for hydroxylation is 1. The highest BCUT2D eigenvalue weighted by Gasteiger charge is 2.21. The topological polar surface area (TPSA) is 57.6 Å². The highest BCUT2D eigenvalue weighted by Crippen LogP contribution is 2.09. The summed E-state index contributed by atoms with van der Waals surface area (Å²) in [6.45, 7) is 3.56. The zero-order valence-corrected chi connectivity index (χ0v) is 11.0. The summed E-state index contributed by atoms with van der Waals surface area (Å²) in [7, 11) is 1.52. The van der Waals surface area contributed by atoms with Gasteiger partial charge < -0.3 is 10.0 Å². The van der Waals surface area contributed by atoms with Gasteiger partial charge in [-0.15, -0.1) is 0 Å². The van der Waals surface area contributed by atoms with Crippen molar-refractivity contribution in [3.63, 3.8) is 0 Å². The Hall–Kier alpha value is -1.84. The normalized spacial score (nSPS) is 11.9. The summed E-state index contributed by atoms with van der Waals surface area (Å²) in [5, 5.41) is 8.86. The summed E-state index contributed by atoms with van der Waals surface area (Å²) >= 11 is 0. The van der Waals surface area contributed by atoms with Crippen LogP contribution in [0.3, 0.4) is 0 Å². The van der Waals surface area contributed by atoms with Crippen LogP contribution in [0.25, 0.3) is 0 Å². The molecule has 1 unspecified atom stereocenters. The van der Waals surface area contributed by atoms with Crippen molar-refractivity contribution in [2.24, 2.45) is 0 Å². The van der Waals surface area contributed by atoms with E-state index in [1.807, 2.05) is 24.3 Å². The first-order valence-corrected chi connectivity index (χ1v) is 6.02. The van der Waals surface area contributed by atoms with Gasteiger partial charge in [-0.3, -0.25) is 4.79 Å². The summed E-state index contributed by atoms with van der Waals surface area (Å²) in [6.07, 6.45) is 1.16. The smallest absolute Gasteiger partial charge is 0.326 e. The fourth-order valence-corrected chi connectivity index (χ4v) is 1.64. The van der Waals surface area contributed by atoms with Crippen LogP contribution < -0.4 is 0 Å². The van der Waals surface area contributed by atoms with Crippen LogP contribution in [0, 0.1) is 0 Å². The Morgan fingerprint density at radius 1 is 1.33 bits per heavy atom. The third-order valence-electron chi connectivity index (χ3n) is 3.09. The van der Waals surface area contributed by atoms with Crippen molar-refractivity contribution in [3.8, 4) is 0 Å². The number of hydrogen-bond acceptors (Lipinski definition) is 2. The van der Waals surface area contributed by atoms with Gasteiger partial charge >= 0.3 is 5.97 Å². The minimum absolute atomic E-state index is 0.182. The molecule has 18 heavy (non-hydrogen) atoms. The Bertz CT molecular complexity index is 442. The maximum Gasteiger partial charge on any atom is 0.326 e. The second-order valence-corrected chi connectivity index (χ2v) is 4.37. The number of likely N-dealkylation sites (N-methyl/N-ethyl adjacent to an activating group) is 1. The molecule has 1 rings (SSSR count). The summed E-state index contributed by atoms with van der Waals surface area (Å²) < 4.78 is 0. The Labute approximate surface area is 107 Å². The van der Waals surface area contributed by atoms with Crippen LogP contribution in [0.5, 0.6) is 0 Å². The zero-order chi connectivity index (χ0) is 13.7. The second-order valence-electron chi connectivity index (χ2n) is 4.37. The van der Waals surface area contributed by atoms with Crippen molar-refractivity contribution in [2.75, 3.05) is 7.05 Å². The fourth-order valence-electron chi connectivity index (χ4n) is 1.64. The van der Waals surface area contributed by atoms with Crippen LogP contribution in [-0.2, 0) is 22.4 Å². The molecule has 0 aromatic heterocycles. The van der Waals surface area contributed by atoms with Crippen LogP contribution >= 0.6 is 0 Å². The zero-order valence-electron chi connectivity index (χ0n) is 11.0. The molecule has 1 N–H and O–H groups in total. The highest BCUT2D eigenvalue weighted by molar-refractivity contribution is 5.84. The van der Waals surface area contributed by atoms with Crippen LogP contribution in [-0.4, -0.2) is 35.0 Å². The van der Waals surface area contributed by atoms with E-state index < -0.39 is 12.0 Å². The number of nitrogens with zero attached hydrogens (tertiary/aromatic N) is 1. The molecule has 0 fully saturated rings. The lowest BCUT2D eigenvalue weighted by atomic mass is 10.1. The van der Waals surface area contributed by atoms with Gasteiger partial charge in [0.15, 0.2) is 0 Å². The lowest BCUT2D eigenvalue weighted by Gasteiger charge is -2.21. The Morgan fingerprint density at radius 3 is 2.50 bits per heavy atom. The van der Waals surface area contributed by atoms with Gasteiger partial charge in [0.2, 0.25) is 5.91 Å². The predicted octanol–water partition coefficient (Wildman–Crippen LogP) is 1.72. The van der Waals surface area contributed by atoms with Crippen LogP contribution in [0.1, 0.15) is 25.0 Å². The number of carbonyl (C=O) groups is 2. The first kappa shape index (κ1) is 14.2. The first-order valence-electron chi connectivity index (χ1n) is 6.02. The van der Waals surface area contributed by atoms with E-state index in [9.17, 15) is 9.59 Å². The molecule has 0 radical (unpaired) electrons. The van der Waals surface area contributed by atoms with Gasteiger partial charge in [0.05, 0.1) is 6.42 Å². The Morgan fingerprint density at radius 2 is 1.94 bits per heavy atom. The Kier molecular flexibility index (Phi) is 4.89. The molecule has 0 heterocycles. The van der Waals surface area contributed by atoms with Crippen molar-refractivity contribution in [2.45, 2.75) is 32.7 Å². The number of aliphatic carboxylic acids is 1. The molecule has 0 bridgehead atoms. The molecule has 98 valence electrons. The number of carbonyl (C=O) groups excluding carboxylic acids is 1. The van der Waals surface area contributed by atoms with Crippen molar-refractivity contribution < 1.29 is 14.7 Å². The molecule has 0 aliphatic heterocycles. The molecule has 0 aliphatic carbocycles. The first-order chi connectivity index (χ1) is 8.45. The molecule has 1 atom stereocenters. The van der Waals surface area contributed by atoms with Gasteiger partial charge in [0, 0.05) is 7.05 Å². The molecular formula is C14H19NO3. The number of carboxylic acid groups (broad SMARTS) is 1. The summed E-state index contributed by atoms with van der Waals surface area (Å²) in [5.74, 6) is -1.17. The molecule has 0 saturated heterocycles. The molecule has 0 aliphatic rings. The van der Waals surface area contributed by atoms with Gasteiger partial charge in [-0.05, 0) is 24.5 Å². The molecule has 0 saturated carbocycles. The summed E-state index contributed by atoms with van der Waals surface area (Å²) in [5.41, 5.74) is 2.10. The summed E-state index contributed by atoms with van der Waals surface area (Å²) in [6, 6.07) is 7.00. The maximum atomic E-state index is 11.9. The summed E-state index contributed by atoms with van der Waals surface area (Å²) in [4.78, 5) is 24.0. The Balaban J connectivity index is 2.72. The lowest BCUT2D eigenvalue weighted by Crippen LogP contribution is -2.41. The fraction of sp³-hybridized carbons (Fsp3) is 0.429. The quantitative estimate of drug-likeness (QED) is 0.864. The number of benzene rings is 1. The number of rotatable bonds is 5. The van der Waals surface area contributed by atoms with Gasteiger partial charge in [-0.1, -0.05) is 31.2 Å². The number of amides is 1. The van der Waals surface area contributed by atoms with Gasteiger partial charge in [-0.2, -0.15) is 0 Å². The van der Waals surface area contributed by atoms with Gasteiger partial charge in [0.25, 0.3) is 0 Å². The van der Waals surface area contributed by atoms with Crippen LogP contribution in [0.15, 0.2) is 24.3 Å². The maximum absolute atomic E-state index is 11.9. The standard InChI is InChI=1S/C14H19NO3/c1-4-11-6-5-7-12(8-11)9-13(16)15(3)10(2)14(17)18/h5-8,10H,4,9H2,1-3H3,(H,17,18).